The molecular formula is C21H28N6O3. The number of pyridine rings is 1. The second-order valence-electron chi connectivity index (χ2n) is 7.95. The average Bonchev–Trinajstić information content (AvgIpc) is 3.32. The summed E-state index contributed by atoms with van der Waals surface area (Å²) < 4.78 is 1.63. The van der Waals surface area contributed by atoms with E-state index < -0.39 is 12.0 Å². The fourth-order valence-corrected chi connectivity index (χ4v) is 4.25. The van der Waals surface area contributed by atoms with Crippen LogP contribution in [-0.4, -0.2) is 67.9 Å². The number of aryl methyl sites for hydroxylation is 3. The topological polar surface area (TPSA) is 104 Å². The minimum absolute atomic E-state index is 0.104. The number of carbonyl (C=O) groups is 2. The maximum atomic E-state index is 13.0. The summed E-state index contributed by atoms with van der Waals surface area (Å²) in [6.07, 6.45) is 7.05. The van der Waals surface area contributed by atoms with Gasteiger partial charge in [0, 0.05) is 50.7 Å². The normalized spacial score (nSPS) is 17.0. The van der Waals surface area contributed by atoms with E-state index in [2.05, 4.69) is 22.5 Å². The van der Waals surface area contributed by atoms with Crippen molar-refractivity contribution in [2.24, 2.45) is 7.05 Å². The zero-order chi connectivity index (χ0) is 21.1. The van der Waals surface area contributed by atoms with Gasteiger partial charge >= 0.3 is 12.0 Å². The van der Waals surface area contributed by atoms with Gasteiger partial charge in [-0.25, -0.2) is 4.79 Å². The van der Waals surface area contributed by atoms with Crippen LogP contribution in [0.3, 0.4) is 0 Å². The summed E-state index contributed by atoms with van der Waals surface area (Å²) in [6.45, 7) is 2.77. The SMILES string of the molecule is Cn1cc(C(CC(=O)O)N2CCN(CCCc3ccc4c(n3)CCCN4)C2=O)cn1. The number of rotatable bonds is 8. The predicted molar refractivity (Wildman–Crippen MR) is 111 cm³/mol. The molecule has 2 aromatic rings. The van der Waals surface area contributed by atoms with Crippen LogP contribution in [0.15, 0.2) is 24.5 Å². The third kappa shape index (κ3) is 4.39. The van der Waals surface area contributed by atoms with Crippen LogP contribution >= 0.6 is 0 Å². The maximum Gasteiger partial charge on any atom is 0.320 e. The highest BCUT2D eigenvalue weighted by Gasteiger charge is 2.35. The summed E-state index contributed by atoms with van der Waals surface area (Å²) in [4.78, 5) is 32.6. The Bertz CT molecular complexity index is 927. The number of carbonyl (C=O) groups excluding carboxylic acids is 1. The number of aliphatic carboxylic acids is 1. The number of carboxylic acids is 1. The first-order valence-electron chi connectivity index (χ1n) is 10.5. The van der Waals surface area contributed by atoms with Gasteiger partial charge in [-0.2, -0.15) is 5.10 Å². The van der Waals surface area contributed by atoms with Crippen LogP contribution < -0.4 is 5.32 Å². The molecule has 2 aliphatic heterocycles. The Morgan fingerprint density at radius 2 is 2.20 bits per heavy atom. The molecule has 1 fully saturated rings. The molecule has 1 atom stereocenters. The van der Waals surface area contributed by atoms with Gasteiger partial charge in [0.25, 0.3) is 0 Å². The minimum atomic E-state index is -0.928. The molecule has 160 valence electrons. The number of hydrogen-bond acceptors (Lipinski definition) is 5. The molecular weight excluding hydrogens is 384 g/mol. The number of hydrogen-bond donors (Lipinski definition) is 2. The molecule has 4 heterocycles. The van der Waals surface area contributed by atoms with E-state index in [0.29, 0.717) is 19.6 Å². The monoisotopic (exact) mass is 412 g/mol. The third-order valence-corrected chi connectivity index (χ3v) is 5.78. The molecule has 0 aliphatic carbocycles. The van der Waals surface area contributed by atoms with E-state index in [1.54, 1.807) is 29.0 Å². The fourth-order valence-electron chi connectivity index (χ4n) is 4.25. The van der Waals surface area contributed by atoms with Crippen molar-refractivity contribution in [1.29, 1.82) is 0 Å². The van der Waals surface area contributed by atoms with Crippen molar-refractivity contribution >= 4 is 17.7 Å². The van der Waals surface area contributed by atoms with Crippen LogP contribution in [0.1, 0.15) is 42.3 Å². The first-order valence-corrected chi connectivity index (χ1v) is 10.5. The Labute approximate surface area is 175 Å². The van der Waals surface area contributed by atoms with Crippen LogP contribution in [0, 0.1) is 0 Å². The van der Waals surface area contributed by atoms with Crippen LogP contribution in [-0.2, 0) is 24.7 Å². The lowest BCUT2D eigenvalue weighted by molar-refractivity contribution is -0.138. The Balaban J connectivity index is 1.35. The number of carboxylic acid groups (broad SMARTS) is 1. The predicted octanol–water partition coefficient (Wildman–Crippen LogP) is 2.06. The van der Waals surface area contributed by atoms with Crippen LogP contribution in [0.25, 0.3) is 0 Å². The molecule has 0 aromatic carbocycles. The van der Waals surface area contributed by atoms with Gasteiger partial charge in [-0.1, -0.05) is 0 Å². The first-order chi connectivity index (χ1) is 14.5. The molecule has 2 aromatic heterocycles. The van der Waals surface area contributed by atoms with E-state index in [1.807, 2.05) is 4.90 Å². The maximum absolute atomic E-state index is 13.0. The molecule has 2 amide bonds. The Morgan fingerprint density at radius 3 is 2.97 bits per heavy atom. The van der Waals surface area contributed by atoms with Crippen LogP contribution in [0.5, 0.6) is 0 Å². The van der Waals surface area contributed by atoms with E-state index >= 15 is 0 Å². The van der Waals surface area contributed by atoms with Crippen molar-refractivity contribution in [1.82, 2.24) is 24.6 Å². The molecule has 1 unspecified atom stereocenters. The quantitative estimate of drug-likeness (QED) is 0.688. The summed E-state index contributed by atoms with van der Waals surface area (Å²) in [5, 5.41) is 16.8. The van der Waals surface area contributed by atoms with Gasteiger partial charge in [-0.15, -0.1) is 0 Å². The zero-order valence-corrected chi connectivity index (χ0v) is 17.3. The molecule has 9 heteroatoms. The molecule has 30 heavy (non-hydrogen) atoms. The van der Waals surface area contributed by atoms with Crippen molar-refractivity contribution in [2.75, 3.05) is 31.5 Å². The molecule has 2 N–H and O–H groups in total. The number of nitrogens with zero attached hydrogens (tertiary/aromatic N) is 5. The summed E-state index contributed by atoms with van der Waals surface area (Å²) in [5.41, 5.74) is 4.08. The molecule has 0 bridgehead atoms. The number of fused-ring (bicyclic) bond motifs is 1. The van der Waals surface area contributed by atoms with Crippen LogP contribution in [0.4, 0.5) is 10.5 Å². The van der Waals surface area contributed by atoms with Gasteiger partial charge < -0.3 is 20.2 Å². The van der Waals surface area contributed by atoms with E-state index in [0.717, 1.165) is 54.9 Å². The number of amides is 2. The first kappa shape index (κ1) is 20.2. The second kappa shape index (κ2) is 8.73. The Kier molecular flexibility index (Phi) is 5.87. The minimum Gasteiger partial charge on any atom is -0.481 e. The van der Waals surface area contributed by atoms with Gasteiger partial charge in [0.05, 0.1) is 30.0 Å². The second-order valence-corrected chi connectivity index (χ2v) is 7.95. The van der Waals surface area contributed by atoms with Gasteiger partial charge in [0.15, 0.2) is 0 Å². The van der Waals surface area contributed by atoms with Gasteiger partial charge in [-0.3, -0.25) is 14.5 Å². The smallest absolute Gasteiger partial charge is 0.320 e. The lowest BCUT2D eigenvalue weighted by Gasteiger charge is -2.26. The standard InChI is InChI=1S/C21H28N6O3/c1-25-14-15(13-23-25)19(12-20(28)29)27-11-10-26(21(27)30)9-3-4-16-6-7-17-18(24-16)5-2-8-22-17/h6-7,13-14,19,22H,2-5,8-12H2,1H3,(H,28,29). The zero-order valence-electron chi connectivity index (χ0n) is 17.3. The van der Waals surface area contributed by atoms with E-state index in [4.69, 9.17) is 4.98 Å². The summed E-state index contributed by atoms with van der Waals surface area (Å²) in [5.74, 6) is -0.928. The summed E-state index contributed by atoms with van der Waals surface area (Å²) in [7, 11) is 1.78. The summed E-state index contributed by atoms with van der Waals surface area (Å²) >= 11 is 0. The van der Waals surface area contributed by atoms with E-state index in [1.165, 1.54) is 0 Å². The van der Waals surface area contributed by atoms with Crippen molar-refractivity contribution in [3.8, 4) is 0 Å². The van der Waals surface area contributed by atoms with E-state index in [9.17, 15) is 14.7 Å². The lowest BCUT2D eigenvalue weighted by atomic mass is 10.1. The summed E-state index contributed by atoms with van der Waals surface area (Å²) in [6, 6.07) is 3.56. The van der Waals surface area contributed by atoms with E-state index in [-0.39, 0.29) is 12.5 Å². The lowest BCUT2D eigenvalue weighted by Crippen LogP contribution is -2.36. The van der Waals surface area contributed by atoms with Crippen molar-refractivity contribution in [3.63, 3.8) is 0 Å². The van der Waals surface area contributed by atoms with Crippen LogP contribution in [0.2, 0.25) is 0 Å². The highest BCUT2D eigenvalue weighted by atomic mass is 16.4. The highest BCUT2D eigenvalue weighted by Crippen LogP contribution is 2.28. The van der Waals surface area contributed by atoms with Crippen molar-refractivity contribution in [2.45, 2.75) is 38.1 Å². The molecule has 0 saturated carbocycles. The number of anilines is 1. The van der Waals surface area contributed by atoms with Gasteiger partial charge in [0.1, 0.15) is 0 Å². The molecule has 1 saturated heterocycles. The van der Waals surface area contributed by atoms with Gasteiger partial charge in [-0.05, 0) is 37.8 Å². The molecule has 9 nitrogen and oxygen atoms in total. The number of aromatic nitrogens is 3. The molecule has 4 rings (SSSR count). The molecule has 0 radical (unpaired) electrons. The number of nitrogens with one attached hydrogen (secondary N) is 1. The number of urea groups is 1. The highest BCUT2D eigenvalue weighted by molar-refractivity contribution is 5.78. The molecule has 0 spiro atoms. The Morgan fingerprint density at radius 1 is 1.33 bits per heavy atom. The average molecular weight is 412 g/mol. The molecule has 2 aliphatic rings. The third-order valence-electron chi connectivity index (χ3n) is 5.78. The Hall–Kier alpha value is -3.10. The van der Waals surface area contributed by atoms with Crippen molar-refractivity contribution < 1.29 is 14.7 Å². The largest absolute Gasteiger partial charge is 0.481 e. The van der Waals surface area contributed by atoms with Gasteiger partial charge in [0.2, 0.25) is 0 Å². The van der Waals surface area contributed by atoms with Crippen molar-refractivity contribution in [3.05, 3.63) is 41.5 Å². The fraction of sp³-hybridized carbons (Fsp3) is 0.524.